The number of ether oxygens (including phenoxy) is 2. The summed E-state index contributed by atoms with van der Waals surface area (Å²) in [6, 6.07) is 12.7. The number of piperazine rings is 1. The molecular formula is C20H22N4O3. The molecule has 7 heteroatoms. The number of hydrogen-bond acceptors (Lipinski definition) is 6. The van der Waals surface area contributed by atoms with E-state index in [-0.39, 0.29) is 5.91 Å². The zero-order chi connectivity index (χ0) is 19.2. The van der Waals surface area contributed by atoms with E-state index in [2.05, 4.69) is 16.0 Å². The maximum atomic E-state index is 12.7. The van der Waals surface area contributed by atoms with E-state index < -0.39 is 6.10 Å². The van der Waals surface area contributed by atoms with Gasteiger partial charge in [0.1, 0.15) is 17.3 Å². The van der Waals surface area contributed by atoms with Crippen molar-refractivity contribution in [3.63, 3.8) is 0 Å². The Hall–Kier alpha value is -3.27. The van der Waals surface area contributed by atoms with Crippen molar-refractivity contribution in [1.29, 1.82) is 5.26 Å². The highest BCUT2D eigenvalue weighted by Gasteiger charge is 2.26. The number of anilines is 1. The molecule has 1 aliphatic heterocycles. The van der Waals surface area contributed by atoms with E-state index in [1.54, 1.807) is 61.5 Å². The molecule has 0 N–H and O–H groups in total. The van der Waals surface area contributed by atoms with Crippen LogP contribution in [0.4, 0.5) is 5.82 Å². The Morgan fingerprint density at radius 3 is 2.44 bits per heavy atom. The fourth-order valence-electron chi connectivity index (χ4n) is 2.98. The molecule has 1 saturated heterocycles. The number of carbonyl (C=O) groups is 1. The third kappa shape index (κ3) is 4.47. The number of benzene rings is 1. The van der Waals surface area contributed by atoms with Gasteiger partial charge in [-0.2, -0.15) is 5.26 Å². The Morgan fingerprint density at radius 2 is 1.81 bits per heavy atom. The van der Waals surface area contributed by atoms with Gasteiger partial charge in [-0.15, -0.1) is 0 Å². The lowest BCUT2D eigenvalue weighted by atomic mass is 10.2. The summed E-state index contributed by atoms with van der Waals surface area (Å²) in [5, 5.41) is 9.02. The second kappa shape index (κ2) is 8.41. The van der Waals surface area contributed by atoms with Crippen LogP contribution in [0.25, 0.3) is 0 Å². The average Bonchev–Trinajstić information content (AvgIpc) is 2.74. The van der Waals surface area contributed by atoms with Gasteiger partial charge in [0.05, 0.1) is 18.7 Å². The first-order chi connectivity index (χ1) is 13.1. The van der Waals surface area contributed by atoms with Crippen molar-refractivity contribution in [1.82, 2.24) is 9.88 Å². The van der Waals surface area contributed by atoms with Crippen LogP contribution in [0.15, 0.2) is 42.6 Å². The second-order valence-electron chi connectivity index (χ2n) is 6.26. The molecule has 0 radical (unpaired) electrons. The molecular weight excluding hydrogens is 344 g/mol. The third-order valence-corrected chi connectivity index (χ3v) is 4.51. The van der Waals surface area contributed by atoms with Gasteiger partial charge >= 0.3 is 0 Å². The standard InChI is InChI=1S/C20H22N4O3/c1-15(27-18-5-3-17(26-2)4-6-18)20(25)24-11-9-23(10-12-24)19-13-16(14-21)7-8-22-19/h3-8,13,15H,9-12H2,1-2H3. The van der Waals surface area contributed by atoms with E-state index >= 15 is 0 Å². The molecule has 2 heterocycles. The van der Waals surface area contributed by atoms with Gasteiger partial charge in [-0.05, 0) is 43.3 Å². The van der Waals surface area contributed by atoms with Crippen molar-refractivity contribution in [3.8, 4) is 17.6 Å². The van der Waals surface area contributed by atoms with Crippen LogP contribution in [-0.2, 0) is 4.79 Å². The lowest BCUT2D eigenvalue weighted by molar-refractivity contribution is -0.138. The van der Waals surface area contributed by atoms with E-state index in [0.717, 1.165) is 11.6 Å². The predicted molar refractivity (Wildman–Crippen MR) is 101 cm³/mol. The van der Waals surface area contributed by atoms with Crippen molar-refractivity contribution in [2.24, 2.45) is 0 Å². The van der Waals surface area contributed by atoms with Gasteiger partial charge in [0.25, 0.3) is 5.91 Å². The monoisotopic (exact) mass is 366 g/mol. The van der Waals surface area contributed by atoms with Crippen LogP contribution in [0, 0.1) is 11.3 Å². The number of nitriles is 1. The third-order valence-electron chi connectivity index (χ3n) is 4.51. The normalized spacial score (nSPS) is 15.0. The quantitative estimate of drug-likeness (QED) is 0.806. The minimum Gasteiger partial charge on any atom is -0.497 e. The second-order valence-corrected chi connectivity index (χ2v) is 6.26. The molecule has 0 saturated carbocycles. The van der Waals surface area contributed by atoms with Crippen LogP contribution in [0.2, 0.25) is 0 Å². The Bertz CT molecular complexity index is 824. The van der Waals surface area contributed by atoms with E-state index in [0.29, 0.717) is 37.5 Å². The average molecular weight is 366 g/mol. The summed E-state index contributed by atoms with van der Waals surface area (Å²) < 4.78 is 10.9. The van der Waals surface area contributed by atoms with Crippen LogP contribution in [0.5, 0.6) is 11.5 Å². The van der Waals surface area contributed by atoms with E-state index in [9.17, 15) is 4.79 Å². The van der Waals surface area contributed by atoms with E-state index in [1.165, 1.54) is 0 Å². The summed E-state index contributed by atoms with van der Waals surface area (Å²) in [4.78, 5) is 20.9. The summed E-state index contributed by atoms with van der Waals surface area (Å²) >= 11 is 0. The zero-order valence-electron chi connectivity index (χ0n) is 15.5. The van der Waals surface area contributed by atoms with Gasteiger partial charge in [0.15, 0.2) is 6.10 Å². The molecule has 0 bridgehead atoms. The summed E-state index contributed by atoms with van der Waals surface area (Å²) in [5.41, 5.74) is 0.583. The topological polar surface area (TPSA) is 78.7 Å². The maximum Gasteiger partial charge on any atom is 0.263 e. The van der Waals surface area contributed by atoms with E-state index in [4.69, 9.17) is 14.7 Å². The summed E-state index contributed by atoms with van der Waals surface area (Å²) in [7, 11) is 1.60. The highest BCUT2D eigenvalue weighted by atomic mass is 16.5. The lowest BCUT2D eigenvalue weighted by Crippen LogP contribution is -2.52. The molecule has 1 amide bonds. The molecule has 0 aliphatic carbocycles. The van der Waals surface area contributed by atoms with Crippen LogP contribution in [-0.4, -0.2) is 55.2 Å². The summed E-state index contributed by atoms with van der Waals surface area (Å²) in [6.07, 6.45) is 1.07. The molecule has 1 aromatic carbocycles. The van der Waals surface area contributed by atoms with Crippen LogP contribution < -0.4 is 14.4 Å². The Kier molecular flexibility index (Phi) is 5.77. The first kappa shape index (κ1) is 18.5. The molecule has 1 aromatic heterocycles. The number of rotatable bonds is 5. The summed E-state index contributed by atoms with van der Waals surface area (Å²) in [5.74, 6) is 2.10. The fraction of sp³-hybridized carbons (Fsp3) is 0.350. The van der Waals surface area contributed by atoms with Gasteiger partial charge in [0.2, 0.25) is 0 Å². The molecule has 1 atom stereocenters. The van der Waals surface area contributed by atoms with Crippen molar-refractivity contribution >= 4 is 11.7 Å². The van der Waals surface area contributed by atoms with Crippen molar-refractivity contribution in [2.75, 3.05) is 38.2 Å². The van der Waals surface area contributed by atoms with Crippen molar-refractivity contribution < 1.29 is 14.3 Å². The Labute approximate surface area is 158 Å². The maximum absolute atomic E-state index is 12.7. The van der Waals surface area contributed by atoms with Crippen LogP contribution in [0.1, 0.15) is 12.5 Å². The number of aromatic nitrogens is 1. The smallest absolute Gasteiger partial charge is 0.263 e. The van der Waals surface area contributed by atoms with Gasteiger partial charge in [-0.25, -0.2) is 4.98 Å². The predicted octanol–water partition coefficient (Wildman–Crippen LogP) is 2.08. The minimum atomic E-state index is -0.565. The van der Waals surface area contributed by atoms with E-state index in [1.807, 2.05) is 0 Å². The number of amides is 1. The lowest BCUT2D eigenvalue weighted by Gasteiger charge is -2.36. The zero-order valence-corrected chi connectivity index (χ0v) is 15.5. The largest absolute Gasteiger partial charge is 0.497 e. The molecule has 3 rings (SSSR count). The SMILES string of the molecule is COc1ccc(OC(C)C(=O)N2CCN(c3cc(C#N)ccn3)CC2)cc1. The van der Waals surface area contributed by atoms with Crippen molar-refractivity contribution in [2.45, 2.75) is 13.0 Å². The molecule has 1 unspecified atom stereocenters. The van der Waals surface area contributed by atoms with Gasteiger partial charge in [-0.1, -0.05) is 0 Å². The molecule has 2 aromatic rings. The van der Waals surface area contributed by atoms with Gasteiger partial charge < -0.3 is 19.3 Å². The minimum absolute atomic E-state index is 0.0378. The molecule has 1 aliphatic rings. The van der Waals surface area contributed by atoms with Crippen LogP contribution in [0.3, 0.4) is 0 Å². The van der Waals surface area contributed by atoms with Gasteiger partial charge in [0, 0.05) is 32.4 Å². The number of carbonyl (C=O) groups excluding carboxylic acids is 1. The first-order valence-electron chi connectivity index (χ1n) is 8.81. The Balaban J connectivity index is 1.54. The molecule has 27 heavy (non-hydrogen) atoms. The first-order valence-corrected chi connectivity index (χ1v) is 8.81. The summed E-state index contributed by atoms with van der Waals surface area (Å²) in [6.45, 7) is 4.28. The Morgan fingerprint density at radius 1 is 1.15 bits per heavy atom. The highest BCUT2D eigenvalue weighted by molar-refractivity contribution is 5.81. The molecule has 7 nitrogen and oxygen atoms in total. The number of methoxy groups -OCH3 is 1. The molecule has 140 valence electrons. The molecule has 0 spiro atoms. The highest BCUT2D eigenvalue weighted by Crippen LogP contribution is 2.19. The van der Waals surface area contributed by atoms with Gasteiger partial charge in [-0.3, -0.25) is 4.79 Å². The number of nitrogens with zero attached hydrogens (tertiary/aromatic N) is 4. The molecule has 1 fully saturated rings. The fourth-order valence-corrected chi connectivity index (χ4v) is 2.98. The van der Waals surface area contributed by atoms with Crippen molar-refractivity contribution in [3.05, 3.63) is 48.2 Å². The van der Waals surface area contributed by atoms with Crippen LogP contribution >= 0.6 is 0 Å². The number of pyridine rings is 1. The number of hydrogen-bond donors (Lipinski definition) is 0.